The van der Waals surface area contributed by atoms with E-state index in [1.807, 2.05) is 0 Å². The second kappa shape index (κ2) is 5.80. The average molecular weight is 243 g/mol. The molecule has 1 fully saturated rings. The van der Waals surface area contributed by atoms with Crippen LogP contribution in [0.4, 0.5) is 0 Å². The molecule has 0 amide bonds. The number of piperidine rings is 1. The molecule has 1 aliphatic heterocycles. The molecule has 0 spiro atoms. The predicted molar refractivity (Wildman–Crippen MR) is 68.0 cm³/mol. The van der Waals surface area contributed by atoms with Crippen molar-refractivity contribution >= 4 is 5.97 Å². The highest BCUT2D eigenvalue weighted by Crippen LogP contribution is 2.15. The maximum absolute atomic E-state index is 10.9. The average Bonchev–Trinajstić information content (AvgIpc) is 2.26. The van der Waals surface area contributed by atoms with E-state index >= 15 is 0 Å². The Morgan fingerprint density at radius 3 is 2.76 bits per heavy atom. The molecular formula is C12H25N3O2. The molecule has 1 saturated heterocycles. The molecule has 0 aromatic rings. The van der Waals surface area contributed by atoms with Gasteiger partial charge in [-0.15, -0.1) is 0 Å². The number of nitrogens with zero attached hydrogens (tertiary/aromatic N) is 2. The van der Waals surface area contributed by atoms with Crippen LogP contribution in [-0.4, -0.2) is 66.2 Å². The molecule has 1 rings (SSSR count). The van der Waals surface area contributed by atoms with E-state index in [0.29, 0.717) is 12.5 Å². The first-order valence-corrected chi connectivity index (χ1v) is 6.24. The molecular weight excluding hydrogens is 218 g/mol. The fraction of sp³-hybridized carbons (Fsp3) is 0.917. The van der Waals surface area contributed by atoms with Crippen LogP contribution < -0.4 is 5.73 Å². The van der Waals surface area contributed by atoms with Gasteiger partial charge >= 0.3 is 5.97 Å². The molecule has 5 nitrogen and oxygen atoms in total. The summed E-state index contributed by atoms with van der Waals surface area (Å²) in [6, 6.07) is 0.581. The lowest BCUT2D eigenvalue weighted by molar-refractivity contribution is -0.143. The van der Waals surface area contributed by atoms with Crippen LogP contribution >= 0.6 is 0 Å². The zero-order chi connectivity index (χ0) is 13.1. The Kier molecular flexibility index (Phi) is 4.91. The highest BCUT2D eigenvalue weighted by Gasteiger charge is 2.29. The first-order chi connectivity index (χ1) is 7.83. The minimum absolute atomic E-state index is 0.502. The largest absolute Gasteiger partial charge is 0.480 e. The Labute approximate surface area is 104 Å². The summed E-state index contributed by atoms with van der Waals surface area (Å²) < 4.78 is 0. The van der Waals surface area contributed by atoms with Gasteiger partial charge in [-0.3, -0.25) is 4.79 Å². The zero-order valence-electron chi connectivity index (χ0n) is 11.1. The van der Waals surface area contributed by atoms with E-state index in [0.717, 1.165) is 19.6 Å². The van der Waals surface area contributed by atoms with Gasteiger partial charge in [-0.2, -0.15) is 0 Å². The SMILES string of the molecule is CN(C)C1CCCN(CCC(C)(N)C(=O)O)C1. The van der Waals surface area contributed by atoms with Crippen LogP contribution in [0.25, 0.3) is 0 Å². The topological polar surface area (TPSA) is 69.8 Å². The number of carbonyl (C=O) groups is 1. The molecule has 100 valence electrons. The Balaban J connectivity index is 2.39. The normalized spacial score (nSPS) is 25.8. The van der Waals surface area contributed by atoms with Gasteiger partial charge in [0, 0.05) is 19.1 Å². The quantitative estimate of drug-likeness (QED) is 0.722. The summed E-state index contributed by atoms with van der Waals surface area (Å²) >= 11 is 0. The fourth-order valence-corrected chi connectivity index (χ4v) is 2.15. The van der Waals surface area contributed by atoms with Gasteiger partial charge in [-0.05, 0) is 46.8 Å². The minimum atomic E-state index is -1.11. The van der Waals surface area contributed by atoms with Gasteiger partial charge in [-0.25, -0.2) is 0 Å². The van der Waals surface area contributed by atoms with Crippen LogP contribution in [0.1, 0.15) is 26.2 Å². The standard InChI is InChI=1S/C12H25N3O2/c1-12(13,11(16)17)6-8-15-7-4-5-10(9-15)14(2)3/h10H,4-9,13H2,1-3H3,(H,16,17). The highest BCUT2D eigenvalue weighted by molar-refractivity contribution is 5.77. The third-order valence-electron chi connectivity index (χ3n) is 3.65. The summed E-state index contributed by atoms with van der Waals surface area (Å²) in [5, 5.41) is 8.96. The van der Waals surface area contributed by atoms with E-state index in [1.54, 1.807) is 6.92 Å². The monoisotopic (exact) mass is 243 g/mol. The van der Waals surface area contributed by atoms with Crippen molar-refractivity contribution in [2.45, 2.75) is 37.8 Å². The van der Waals surface area contributed by atoms with Crippen LogP contribution in [0.15, 0.2) is 0 Å². The van der Waals surface area contributed by atoms with Crippen LogP contribution in [-0.2, 0) is 4.79 Å². The Hall–Kier alpha value is -0.650. The smallest absolute Gasteiger partial charge is 0.323 e. The van der Waals surface area contributed by atoms with E-state index < -0.39 is 11.5 Å². The van der Waals surface area contributed by atoms with Crippen LogP contribution in [0.2, 0.25) is 0 Å². The van der Waals surface area contributed by atoms with E-state index in [4.69, 9.17) is 10.8 Å². The lowest BCUT2D eigenvalue weighted by Crippen LogP contribution is -2.50. The molecule has 0 saturated carbocycles. The molecule has 0 aliphatic carbocycles. The van der Waals surface area contributed by atoms with Gasteiger partial charge in [0.2, 0.25) is 0 Å². The van der Waals surface area contributed by atoms with E-state index in [-0.39, 0.29) is 0 Å². The Morgan fingerprint density at radius 1 is 1.59 bits per heavy atom. The van der Waals surface area contributed by atoms with Gasteiger partial charge in [0.05, 0.1) is 0 Å². The number of carboxylic acid groups (broad SMARTS) is 1. The molecule has 0 radical (unpaired) electrons. The Morgan fingerprint density at radius 2 is 2.24 bits per heavy atom. The molecule has 17 heavy (non-hydrogen) atoms. The van der Waals surface area contributed by atoms with Crippen molar-refractivity contribution in [1.29, 1.82) is 0 Å². The zero-order valence-corrected chi connectivity index (χ0v) is 11.1. The minimum Gasteiger partial charge on any atom is -0.480 e. The summed E-state index contributed by atoms with van der Waals surface area (Å²) in [6.07, 6.45) is 2.90. The number of likely N-dealkylation sites (tertiary alicyclic amines) is 1. The van der Waals surface area contributed by atoms with Crippen molar-refractivity contribution in [3.63, 3.8) is 0 Å². The van der Waals surface area contributed by atoms with Gasteiger partial charge in [0.15, 0.2) is 0 Å². The first-order valence-electron chi connectivity index (χ1n) is 6.24. The number of likely N-dealkylation sites (N-methyl/N-ethyl adjacent to an activating group) is 1. The summed E-state index contributed by atoms with van der Waals surface area (Å²) in [4.78, 5) is 15.5. The molecule has 1 heterocycles. The second-order valence-corrected chi connectivity index (χ2v) is 5.53. The van der Waals surface area contributed by atoms with Crippen molar-refractivity contribution in [2.75, 3.05) is 33.7 Å². The maximum atomic E-state index is 10.9. The number of carboxylic acids is 1. The van der Waals surface area contributed by atoms with Gasteiger partial charge < -0.3 is 20.6 Å². The molecule has 2 atom stereocenters. The molecule has 1 aliphatic rings. The molecule has 0 bridgehead atoms. The van der Waals surface area contributed by atoms with E-state index in [2.05, 4.69) is 23.9 Å². The third-order valence-corrected chi connectivity index (χ3v) is 3.65. The van der Waals surface area contributed by atoms with Gasteiger partial charge in [0.25, 0.3) is 0 Å². The first kappa shape index (κ1) is 14.4. The van der Waals surface area contributed by atoms with Crippen molar-refractivity contribution < 1.29 is 9.90 Å². The summed E-state index contributed by atoms with van der Waals surface area (Å²) in [7, 11) is 4.19. The molecule has 3 N–H and O–H groups in total. The van der Waals surface area contributed by atoms with Crippen LogP contribution in [0.5, 0.6) is 0 Å². The van der Waals surface area contributed by atoms with Crippen molar-refractivity contribution in [3.8, 4) is 0 Å². The number of hydrogen-bond acceptors (Lipinski definition) is 4. The van der Waals surface area contributed by atoms with E-state index in [9.17, 15) is 4.79 Å². The van der Waals surface area contributed by atoms with Gasteiger partial charge in [0.1, 0.15) is 5.54 Å². The lowest BCUT2D eigenvalue weighted by atomic mass is 9.98. The molecule has 0 aromatic carbocycles. The van der Waals surface area contributed by atoms with E-state index in [1.165, 1.54) is 12.8 Å². The molecule has 5 heteroatoms. The van der Waals surface area contributed by atoms with Crippen molar-refractivity contribution in [1.82, 2.24) is 9.80 Å². The number of nitrogens with two attached hydrogens (primary N) is 1. The third kappa shape index (κ3) is 4.26. The number of hydrogen-bond donors (Lipinski definition) is 2. The predicted octanol–water partition coefficient (Wildman–Crippen LogP) is 0.205. The van der Waals surface area contributed by atoms with Crippen molar-refractivity contribution in [2.24, 2.45) is 5.73 Å². The summed E-state index contributed by atoms with van der Waals surface area (Å²) in [5.41, 5.74) is 4.63. The molecule has 0 aromatic heterocycles. The number of rotatable bonds is 5. The summed E-state index contributed by atoms with van der Waals surface area (Å²) in [6.45, 7) is 4.43. The maximum Gasteiger partial charge on any atom is 0.323 e. The van der Waals surface area contributed by atoms with Crippen LogP contribution in [0, 0.1) is 0 Å². The number of aliphatic carboxylic acids is 1. The summed E-state index contributed by atoms with van der Waals surface area (Å²) in [5.74, 6) is -0.918. The van der Waals surface area contributed by atoms with Gasteiger partial charge in [-0.1, -0.05) is 0 Å². The lowest BCUT2D eigenvalue weighted by Gasteiger charge is -2.37. The van der Waals surface area contributed by atoms with Crippen LogP contribution in [0.3, 0.4) is 0 Å². The molecule has 2 unspecified atom stereocenters. The second-order valence-electron chi connectivity index (χ2n) is 5.53. The highest BCUT2D eigenvalue weighted by atomic mass is 16.4. The Bertz CT molecular complexity index is 266. The fourth-order valence-electron chi connectivity index (χ4n) is 2.15. The van der Waals surface area contributed by atoms with Crippen molar-refractivity contribution in [3.05, 3.63) is 0 Å².